The number of thiophene rings is 1. The Bertz CT molecular complexity index is 819. The van der Waals surface area contributed by atoms with Crippen LogP contribution in [-0.4, -0.2) is 20.5 Å². The molecule has 3 N–H and O–H groups in total. The highest BCUT2D eigenvalue weighted by atomic mass is 32.1. The average Bonchev–Trinajstić information content (AvgIpc) is 3.16. The first-order valence-corrected chi connectivity index (χ1v) is 7.89. The van der Waals surface area contributed by atoms with E-state index in [4.69, 9.17) is 10.5 Å². The Hall–Kier alpha value is -2.19. The lowest BCUT2D eigenvalue weighted by Crippen LogP contribution is -2.12. The van der Waals surface area contributed by atoms with Gasteiger partial charge < -0.3 is 10.5 Å². The lowest BCUT2D eigenvalue weighted by molar-refractivity contribution is 0.100. The topological polar surface area (TPSA) is 93.9 Å². The van der Waals surface area contributed by atoms with Crippen LogP contribution in [0.4, 0.5) is 0 Å². The third-order valence-electron chi connectivity index (χ3n) is 3.40. The molecule has 0 fully saturated rings. The highest BCUT2D eigenvalue weighted by molar-refractivity contribution is 7.17. The minimum Gasteiger partial charge on any atom is -0.443 e. The summed E-state index contributed by atoms with van der Waals surface area (Å²) < 4.78 is 10.1. The van der Waals surface area contributed by atoms with Gasteiger partial charge in [0.25, 0.3) is 5.91 Å². The maximum absolute atomic E-state index is 11.7. The predicted molar refractivity (Wildman–Crippen MR) is 80.0 cm³/mol. The molecule has 3 heterocycles. The van der Waals surface area contributed by atoms with Crippen LogP contribution in [0.2, 0.25) is 0 Å². The largest absolute Gasteiger partial charge is 0.443 e. The number of rotatable bonds is 3. The molecule has 1 amide bonds. The van der Waals surface area contributed by atoms with Crippen molar-refractivity contribution in [3.63, 3.8) is 0 Å². The number of nitrogens with zero attached hydrogens (tertiary/aromatic N) is 2. The second-order valence-electron chi connectivity index (χ2n) is 4.65. The number of ether oxygens (including phenoxy) is 1. The number of H-pyrrole nitrogens is 1. The number of amides is 1. The van der Waals surface area contributed by atoms with Crippen molar-refractivity contribution in [2.45, 2.75) is 12.8 Å². The molecule has 106 valence electrons. The van der Waals surface area contributed by atoms with E-state index in [1.807, 2.05) is 6.20 Å². The summed E-state index contributed by atoms with van der Waals surface area (Å²) in [6.45, 7) is 0. The number of nitrogens with one attached hydrogen (secondary N) is 1. The van der Waals surface area contributed by atoms with Crippen molar-refractivity contribution >= 4 is 28.8 Å². The van der Waals surface area contributed by atoms with Crippen LogP contribution in [0.15, 0.2) is 18.6 Å². The van der Waals surface area contributed by atoms with Crippen molar-refractivity contribution in [3.8, 4) is 21.3 Å². The van der Waals surface area contributed by atoms with Gasteiger partial charge in [-0.15, -0.1) is 0 Å². The summed E-state index contributed by atoms with van der Waals surface area (Å²) in [5.41, 5.74) is 8.63. The number of aryl methyl sites for hydroxylation is 1. The van der Waals surface area contributed by atoms with Crippen molar-refractivity contribution in [1.82, 2.24) is 14.6 Å². The number of aromatic amines is 1. The summed E-state index contributed by atoms with van der Waals surface area (Å²) in [5, 5.41) is 7.23. The second-order valence-corrected chi connectivity index (χ2v) is 6.44. The summed E-state index contributed by atoms with van der Waals surface area (Å²) in [6.07, 6.45) is 6.79. The Balaban J connectivity index is 1.90. The van der Waals surface area contributed by atoms with E-state index in [0.717, 1.165) is 28.8 Å². The van der Waals surface area contributed by atoms with Crippen LogP contribution in [0.5, 0.6) is 10.8 Å². The Kier molecular flexibility index (Phi) is 2.79. The van der Waals surface area contributed by atoms with E-state index in [0.29, 0.717) is 15.7 Å². The number of carbonyl (C=O) groups excluding carboxylic acids is 1. The van der Waals surface area contributed by atoms with Crippen LogP contribution in [0.1, 0.15) is 20.8 Å². The van der Waals surface area contributed by atoms with E-state index in [1.54, 1.807) is 12.4 Å². The molecule has 6 nitrogen and oxygen atoms in total. The fourth-order valence-electron chi connectivity index (χ4n) is 2.49. The molecule has 0 atom stereocenters. The van der Waals surface area contributed by atoms with Crippen molar-refractivity contribution in [3.05, 3.63) is 34.6 Å². The minimum atomic E-state index is -0.411. The van der Waals surface area contributed by atoms with Crippen molar-refractivity contribution in [1.29, 1.82) is 0 Å². The summed E-state index contributed by atoms with van der Waals surface area (Å²) in [5.74, 6) is 0.193. The fourth-order valence-corrected chi connectivity index (χ4v) is 4.49. The van der Waals surface area contributed by atoms with Gasteiger partial charge in [-0.1, -0.05) is 11.3 Å². The lowest BCUT2D eigenvalue weighted by Gasteiger charge is -2.13. The Morgan fingerprint density at radius 2 is 2.29 bits per heavy atom. The molecule has 0 spiro atoms. The summed E-state index contributed by atoms with van der Waals surface area (Å²) >= 11 is 2.71. The molecular formula is C13H10N4O2S2. The Morgan fingerprint density at radius 1 is 1.38 bits per heavy atom. The molecule has 3 aromatic heterocycles. The van der Waals surface area contributed by atoms with Gasteiger partial charge in [0.1, 0.15) is 0 Å². The van der Waals surface area contributed by atoms with E-state index in [1.165, 1.54) is 28.4 Å². The summed E-state index contributed by atoms with van der Waals surface area (Å²) in [7, 11) is 0. The number of primary amides is 1. The standard InChI is InChI=1S/C13H10N4O2S2/c14-12(18)11-8-2-1-6-3-17-21-10(6)9(8)13(20-11)19-7-4-15-16-5-7/h3-5H,1-2H2,(H2,14,18)(H,15,16). The van der Waals surface area contributed by atoms with Gasteiger partial charge in [0.05, 0.1) is 27.7 Å². The molecule has 0 radical (unpaired) electrons. The first-order chi connectivity index (χ1) is 10.2. The lowest BCUT2D eigenvalue weighted by atomic mass is 9.93. The zero-order chi connectivity index (χ0) is 14.4. The van der Waals surface area contributed by atoms with E-state index in [9.17, 15) is 4.79 Å². The maximum Gasteiger partial charge on any atom is 0.259 e. The second kappa shape index (κ2) is 4.68. The van der Waals surface area contributed by atoms with Crippen LogP contribution in [0.3, 0.4) is 0 Å². The highest BCUT2D eigenvalue weighted by Gasteiger charge is 2.29. The molecular weight excluding hydrogens is 308 g/mol. The molecule has 1 aliphatic carbocycles. The average molecular weight is 318 g/mol. The fraction of sp³-hybridized carbons (Fsp3) is 0.154. The molecule has 4 rings (SSSR count). The summed E-state index contributed by atoms with van der Waals surface area (Å²) in [4.78, 5) is 13.3. The maximum atomic E-state index is 11.7. The first kappa shape index (κ1) is 12.5. The van der Waals surface area contributed by atoms with Crippen LogP contribution < -0.4 is 10.5 Å². The zero-order valence-electron chi connectivity index (χ0n) is 10.8. The summed E-state index contributed by atoms with van der Waals surface area (Å²) in [6, 6.07) is 0. The molecule has 21 heavy (non-hydrogen) atoms. The monoisotopic (exact) mass is 318 g/mol. The minimum absolute atomic E-state index is 0.411. The van der Waals surface area contributed by atoms with Gasteiger partial charge >= 0.3 is 0 Å². The molecule has 3 aromatic rings. The third-order valence-corrected chi connectivity index (χ3v) is 5.38. The van der Waals surface area contributed by atoms with Gasteiger partial charge in [0, 0.05) is 6.20 Å². The molecule has 0 aromatic carbocycles. The van der Waals surface area contributed by atoms with E-state index in [-0.39, 0.29) is 0 Å². The number of hydrogen-bond acceptors (Lipinski definition) is 6. The van der Waals surface area contributed by atoms with Crippen LogP contribution in [0, 0.1) is 0 Å². The Morgan fingerprint density at radius 3 is 3.05 bits per heavy atom. The molecule has 8 heteroatoms. The third kappa shape index (κ3) is 1.95. The van der Waals surface area contributed by atoms with E-state index in [2.05, 4.69) is 14.6 Å². The number of carbonyl (C=O) groups is 1. The predicted octanol–water partition coefficient (Wildman–Crippen LogP) is 2.58. The zero-order valence-corrected chi connectivity index (χ0v) is 12.4. The molecule has 0 bridgehead atoms. The molecule has 0 unspecified atom stereocenters. The van der Waals surface area contributed by atoms with Gasteiger partial charge in [-0.2, -0.15) is 5.10 Å². The van der Waals surface area contributed by atoms with Gasteiger partial charge in [0.2, 0.25) is 0 Å². The van der Waals surface area contributed by atoms with Gasteiger partial charge in [-0.25, -0.2) is 4.37 Å². The quantitative estimate of drug-likeness (QED) is 0.776. The van der Waals surface area contributed by atoms with Crippen LogP contribution >= 0.6 is 22.9 Å². The molecule has 0 saturated carbocycles. The highest BCUT2D eigenvalue weighted by Crippen LogP contribution is 2.49. The molecule has 1 aliphatic rings. The van der Waals surface area contributed by atoms with Gasteiger partial charge in [-0.05, 0) is 35.5 Å². The van der Waals surface area contributed by atoms with Crippen molar-refractivity contribution < 1.29 is 9.53 Å². The number of fused-ring (bicyclic) bond motifs is 3. The van der Waals surface area contributed by atoms with Crippen molar-refractivity contribution in [2.75, 3.05) is 0 Å². The number of aromatic nitrogens is 3. The van der Waals surface area contributed by atoms with E-state index < -0.39 is 5.91 Å². The first-order valence-electron chi connectivity index (χ1n) is 6.30. The van der Waals surface area contributed by atoms with Crippen LogP contribution in [0.25, 0.3) is 10.4 Å². The van der Waals surface area contributed by atoms with Crippen molar-refractivity contribution in [2.24, 2.45) is 5.73 Å². The number of nitrogens with two attached hydrogens (primary N) is 1. The Labute approximate surface area is 127 Å². The van der Waals surface area contributed by atoms with E-state index >= 15 is 0 Å². The van der Waals surface area contributed by atoms with Crippen LogP contribution in [-0.2, 0) is 12.8 Å². The SMILES string of the molecule is NC(=O)c1sc(Oc2cn[nH]c2)c2c1CCc1cnsc1-2. The molecule has 0 saturated heterocycles. The molecule has 0 aliphatic heterocycles. The van der Waals surface area contributed by atoms with Gasteiger partial charge in [-0.3, -0.25) is 9.89 Å². The number of hydrogen-bond donors (Lipinski definition) is 2. The smallest absolute Gasteiger partial charge is 0.259 e. The van der Waals surface area contributed by atoms with Gasteiger partial charge in [0.15, 0.2) is 10.8 Å². The normalized spacial score (nSPS) is 12.8.